The number of benzene rings is 1. The van der Waals surface area contributed by atoms with Gasteiger partial charge in [-0.15, -0.1) is 0 Å². The molecule has 1 aromatic carbocycles. The zero-order chi connectivity index (χ0) is 15.6. The molecule has 1 aromatic rings. The van der Waals surface area contributed by atoms with Crippen LogP contribution < -0.4 is 5.32 Å². The predicted octanol–water partition coefficient (Wildman–Crippen LogP) is 3.58. The Kier molecular flexibility index (Phi) is 5.46. The van der Waals surface area contributed by atoms with Crippen molar-refractivity contribution in [3.05, 3.63) is 28.8 Å². The molecule has 1 rings (SSSR count). The van der Waals surface area contributed by atoms with E-state index in [1.807, 2.05) is 20.8 Å². The van der Waals surface area contributed by atoms with Crippen LogP contribution in [-0.2, 0) is 9.05 Å². The van der Waals surface area contributed by atoms with Gasteiger partial charge >= 0.3 is 0 Å². The van der Waals surface area contributed by atoms with Gasteiger partial charge in [0, 0.05) is 16.2 Å². The van der Waals surface area contributed by atoms with E-state index in [4.69, 9.17) is 22.3 Å². The summed E-state index contributed by atoms with van der Waals surface area (Å²) < 4.78 is 22.6. The first-order valence-corrected chi connectivity index (χ1v) is 8.82. The normalized spacial score (nSPS) is 12.2. The predicted molar refractivity (Wildman–Crippen MR) is 80.9 cm³/mol. The Morgan fingerprint density at radius 1 is 1.35 bits per heavy atom. The minimum absolute atomic E-state index is 0.0950. The van der Waals surface area contributed by atoms with E-state index in [0.717, 1.165) is 12.8 Å². The summed E-state index contributed by atoms with van der Waals surface area (Å²) in [7, 11) is 1.37. The van der Waals surface area contributed by atoms with E-state index in [2.05, 4.69) is 5.32 Å². The SMILES string of the molecule is CCCC(C)(C)NC(=O)c1cc(S(=O)(=O)Cl)ccc1Cl. The molecule has 0 bridgehead atoms. The van der Waals surface area contributed by atoms with Crippen LogP contribution in [0, 0.1) is 0 Å². The number of nitrogens with one attached hydrogen (secondary N) is 1. The summed E-state index contributed by atoms with van der Waals surface area (Å²) in [6.07, 6.45) is 1.71. The Balaban J connectivity index is 3.10. The fourth-order valence-corrected chi connectivity index (χ4v) is 2.87. The van der Waals surface area contributed by atoms with Gasteiger partial charge in [-0.05, 0) is 38.5 Å². The first-order valence-electron chi connectivity index (χ1n) is 6.13. The summed E-state index contributed by atoms with van der Waals surface area (Å²) >= 11 is 5.95. The van der Waals surface area contributed by atoms with Crippen molar-refractivity contribution in [2.75, 3.05) is 0 Å². The Bertz CT molecular complexity index is 612. The van der Waals surface area contributed by atoms with Gasteiger partial charge in [-0.2, -0.15) is 0 Å². The molecule has 0 saturated heterocycles. The lowest BCUT2D eigenvalue weighted by Gasteiger charge is -2.26. The average Bonchev–Trinajstić information content (AvgIpc) is 2.26. The molecule has 0 fully saturated rings. The third-order valence-electron chi connectivity index (χ3n) is 2.79. The Labute approximate surface area is 128 Å². The second kappa shape index (κ2) is 6.33. The molecule has 0 spiro atoms. The van der Waals surface area contributed by atoms with Crippen LogP contribution in [0.25, 0.3) is 0 Å². The van der Waals surface area contributed by atoms with E-state index in [9.17, 15) is 13.2 Å². The molecular weight excluding hydrogens is 321 g/mol. The summed E-state index contributed by atoms with van der Waals surface area (Å²) in [6.45, 7) is 5.80. The molecule has 4 nitrogen and oxygen atoms in total. The van der Waals surface area contributed by atoms with Gasteiger partial charge in [0.25, 0.3) is 15.0 Å². The average molecular weight is 338 g/mol. The van der Waals surface area contributed by atoms with Crippen LogP contribution in [0.1, 0.15) is 44.0 Å². The monoisotopic (exact) mass is 337 g/mol. The van der Waals surface area contributed by atoms with Crippen LogP contribution in [0.4, 0.5) is 0 Å². The summed E-state index contributed by atoms with van der Waals surface area (Å²) in [5, 5.41) is 3.01. The fourth-order valence-electron chi connectivity index (χ4n) is 1.89. The van der Waals surface area contributed by atoms with E-state index >= 15 is 0 Å². The number of rotatable bonds is 5. The molecule has 0 aliphatic heterocycles. The van der Waals surface area contributed by atoms with E-state index in [0.29, 0.717) is 0 Å². The highest BCUT2D eigenvalue weighted by Gasteiger charge is 2.23. The van der Waals surface area contributed by atoms with Gasteiger partial charge in [0.2, 0.25) is 0 Å². The number of carbonyl (C=O) groups excluding carboxylic acids is 1. The van der Waals surface area contributed by atoms with Crippen LogP contribution in [-0.4, -0.2) is 19.9 Å². The van der Waals surface area contributed by atoms with Crippen LogP contribution >= 0.6 is 22.3 Å². The number of carbonyl (C=O) groups is 1. The zero-order valence-electron chi connectivity index (χ0n) is 11.5. The number of amides is 1. The third-order valence-corrected chi connectivity index (χ3v) is 4.47. The molecule has 0 unspecified atom stereocenters. The standard InChI is InChI=1S/C13H17Cl2NO3S/c1-4-7-13(2,3)16-12(17)10-8-9(20(15,18)19)5-6-11(10)14/h5-6,8H,4,7H2,1-3H3,(H,16,17). The quantitative estimate of drug-likeness (QED) is 0.835. The Morgan fingerprint density at radius 2 is 1.95 bits per heavy atom. The molecule has 20 heavy (non-hydrogen) atoms. The van der Waals surface area contributed by atoms with Crippen molar-refractivity contribution in [3.63, 3.8) is 0 Å². The van der Waals surface area contributed by atoms with Gasteiger partial charge in [-0.3, -0.25) is 4.79 Å². The van der Waals surface area contributed by atoms with Crippen molar-refractivity contribution >= 4 is 37.2 Å². The van der Waals surface area contributed by atoms with E-state index in [1.54, 1.807) is 0 Å². The first-order chi connectivity index (χ1) is 9.07. The van der Waals surface area contributed by atoms with Crippen molar-refractivity contribution in [1.29, 1.82) is 0 Å². The second-order valence-corrected chi connectivity index (χ2v) is 8.14. The molecule has 0 aliphatic carbocycles. The summed E-state index contributed by atoms with van der Waals surface area (Å²) in [5.74, 6) is -0.421. The smallest absolute Gasteiger partial charge is 0.261 e. The zero-order valence-corrected chi connectivity index (χ0v) is 13.9. The van der Waals surface area contributed by atoms with Gasteiger partial charge < -0.3 is 5.32 Å². The Morgan fingerprint density at radius 3 is 2.45 bits per heavy atom. The van der Waals surface area contributed by atoms with Crippen LogP contribution in [0.3, 0.4) is 0 Å². The van der Waals surface area contributed by atoms with Crippen LogP contribution in [0.2, 0.25) is 5.02 Å². The van der Waals surface area contributed by atoms with E-state index < -0.39 is 20.5 Å². The highest BCUT2D eigenvalue weighted by Crippen LogP contribution is 2.23. The maximum atomic E-state index is 12.2. The number of halogens is 2. The van der Waals surface area contributed by atoms with Crippen molar-refractivity contribution in [2.24, 2.45) is 0 Å². The van der Waals surface area contributed by atoms with Crippen molar-refractivity contribution in [3.8, 4) is 0 Å². The molecular formula is C13H17Cl2NO3S. The second-order valence-electron chi connectivity index (χ2n) is 5.17. The molecule has 0 radical (unpaired) electrons. The highest BCUT2D eigenvalue weighted by molar-refractivity contribution is 8.13. The lowest BCUT2D eigenvalue weighted by atomic mass is 9.98. The van der Waals surface area contributed by atoms with Crippen molar-refractivity contribution in [1.82, 2.24) is 5.32 Å². The molecule has 0 heterocycles. The van der Waals surface area contributed by atoms with Crippen molar-refractivity contribution < 1.29 is 13.2 Å². The lowest BCUT2D eigenvalue weighted by molar-refractivity contribution is 0.0909. The van der Waals surface area contributed by atoms with Gasteiger partial charge in [0.15, 0.2) is 0 Å². The van der Waals surface area contributed by atoms with E-state index in [1.165, 1.54) is 18.2 Å². The molecule has 1 N–H and O–H groups in total. The topological polar surface area (TPSA) is 63.2 Å². The summed E-state index contributed by atoms with van der Waals surface area (Å²) in [5.41, 5.74) is -0.303. The largest absolute Gasteiger partial charge is 0.347 e. The molecule has 0 aliphatic rings. The number of hydrogen-bond acceptors (Lipinski definition) is 3. The van der Waals surface area contributed by atoms with Gasteiger partial charge in [-0.1, -0.05) is 24.9 Å². The van der Waals surface area contributed by atoms with Crippen LogP contribution in [0.5, 0.6) is 0 Å². The molecule has 0 aromatic heterocycles. The molecule has 0 saturated carbocycles. The Hall–Kier alpha value is -0.780. The van der Waals surface area contributed by atoms with Crippen LogP contribution in [0.15, 0.2) is 23.1 Å². The molecule has 0 atom stereocenters. The fraction of sp³-hybridized carbons (Fsp3) is 0.462. The maximum absolute atomic E-state index is 12.2. The molecule has 7 heteroatoms. The number of hydrogen-bond donors (Lipinski definition) is 1. The first kappa shape index (κ1) is 17.3. The maximum Gasteiger partial charge on any atom is 0.261 e. The van der Waals surface area contributed by atoms with E-state index in [-0.39, 0.29) is 15.5 Å². The van der Waals surface area contributed by atoms with Gasteiger partial charge in [-0.25, -0.2) is 8.42 Å². The van der Waals surface area contributed by atoms with Gasteiger partial charge in [0.1, 0.15) is 0 Å². The third kappa shape index (κ3) is 4.65. The highest BCUT2D eigenvalue weighted by atomic mass is 35.7. The van der Waals surface area contributed by atoms with Gasteiger partial charge in [0.05, 0.1) is 15.5 Å². The molecule has 1 amide bonds. The minimum atomic E-state index is -3.90. The molecule has 112 valence electrons. The summed E-state index contributed by atoms with van der Waals surface area (Å²) in [4.78, 5) is 12.1. The minimum Gasteiger partial charge on any atom is -0.347 e. The lowest BCUT2D eigenvalue weighted by Crippen LogP contribution is -2.43. The van der Waals surface area contributed by atoms with Crippen molar-refractivity contribution in [2.45, 2.75) is 44.0 Å². The summed E-state index contributed by atoms with van der Waals surface area (Å²) in [6, 6.07) is 3.79.